The fraction of sp³-hybridized carbons (Fsp3) is 0.250. The number of anilines is 1. The van der Waals surface area contributed by atoms with Crippen molar-refractivity contribution in [3.05, 3.63) is 30.3 Å². The Balaban J connectivity index is 2.72. The molecule has 0 bridgehead atoms. The van der Waals surface area contributed by atoms with Crippen LogP contribution in [0, 0.1) is 11.3 Å². The van der Waals surface area contributed by atoms with Crippen molar-refractivity contribution in [3.63, 3.8) is 0 Å². The lowest BCUT2D eigenvalue weighted by Crippen LogP contribution is -2.33. The monoisotopic (exact) mass is 249 g/mol. The maximum absolute atomic E-state index is 11.9. The van der Waals surface area contributed by atoms with Crippen LogP contribution in [0.15, 0.2) is 30.3 Å². The van der Waals surface area contributed by atoms with E-state index < -0.39 is 17.7 Å². The first kappa shape index (κ1) is 13.9. The summed E-state index contributed by atoms with van der Waals surface area (Å²) in [6, 6.07) is 8.76. The number of hydroxylamine groups is 1. The van der Waals surface area contributed by atoms with Crippen LogP contribution >= 0.6 is 0 Å². The van der Waals surface area contributed by atoms with E-state index in [-0.39, 0.29) is 12.1 Å². The predicted molar refractivity (Wildman–Crippen MR) is 66.5 cm³/mol. The number of hydrogen-bond donors (Lipinski definition) is 4. The van der Waals surface area contributed by atoms with Crippen molar-refractivity contribution in [1.29, 1.82) is 5.41 Å². The maximum Gasteiger partial charge on any atom is 0.244 e. The highest BCUT2D eigenvalue weighted by atomic mass is 16.5. The van der Waals surface area contributed by atoms with Crippen molar-refractivity contribution in [2.45, 2.75) is 13.3 Å². The highest BCUT2D eigenvalue weighted by Gasteiger charge is 2.23. The van der Waals surface area contributed by atoms with E-state index >= 15 is 0 Å². The molecule has 0 aromatic heterocycles. The molecular weight excluding hydrogens is 234 g/mol. The van der Waals surface area contributed by atoms with Gasteiger partial charge >= 0.3 is 0 Å². The number of hydrogen-bond acceptors (Lipinski definition) is 4. The van der Waals surface area contributed by atoms with Crippen LogP contribution in [0.1, 0.15) is 13.3 Å². The molecule has 0 aliphatic heterocycles. The van der Waals surface area contributed by atoms with Gasteiger partial charge in [0.25, 0.3) is 0 Å². The number of rotatable bonds is 5. The second-order valence-corrected chi connectivity index (χ2v) is 3.83. The van der Waals surface area contributed by atoms with Crippen LogP contribution in [0.5, 0.6) is 0 Å². The molecule has 6 heteroatoms. The van der Waals surface area contributed by atoms with E-state index in [1.165, 1.54) is 12.4 Å². The summed E-state index contributed by atoms with van der Waals surface area (Å²) in [6.07, 6.45) is -0.259. The molecular formula is C12H15N3O3. The van der Waals surface area contributed by atoms with Crippen molar-refractivity contribution < 1.29 is 14.8 Å². The molecule has 1 aromatic rings. The summed E-state index contributed by atoms with van der Waals surface area (Å²) >= 11 is 0. The summed E-state index contributed by atoms with van der Waals surface area (Å²) in [5, 5.41) is 18.5. The van der Waals surface area contributed by atoms with E-state index in [1.54, 1.807) is 24.3 Å². The molecule has 96 valence electrons. The SMILES string of the molecule is CC(=N)C(CC(=O)NO)C(=O)Nc1ccccc1. The van der Waals surface area contributed by atoms with E-state index in [0.29, 0.717) is 5.69 Å². The van der Waals surface area contributed by atoms with Crippen molar-refractivity contribution in [2.75, 3.05) is 5.32 Å². The fourth-order valence-electron chi connectivity index (χ4n) is 1.42. The Labute approximate surface area is 104 Å². The van der Waals surface area contributed by atoms with Gasteiger partial charge in [0.05, 0.1) is 5.92 Å². The van der Waals surface area contributed by atoms with Crippen LogP contribution in [-0.4, -0.2) is 22.7 Å². The van der Waals surface area contributed by atoms with E-state index in [4.69, 9.17) is 10.6 Å². The minimum absolute atomic E-state index is 0.0621. The van der Waals surface area contributed by atoms with Gasteiger partial charge in [0.15, 0.2) is 0 Å². The smallest absolute Gasteiger partial charge is 0.244 e. The van der Waals surface area contributed by atoms with Gasteiger partial charge in [-0.05, 0) is 19.1 Å². The molecule has 0 spiro atoms. The van der Waals surface area contributed by atoms with Crippen LogP contribution in [-0.2, 0) is 9.59 Å². The summed E-state index contributed by atoms with van der Waals surface area (Å²) in [6.45, 7) is 1.44. The molecule has 1 aromatic carbocycles. The first-order chi connectivity index (χ1) is 8.54. The summed E-state index contributed by atoms with van der Waals surface area (Å²) in [5.41, 5.74) is 2.11. The van der Waals surface area contributed by atoms with Gasteiger partial charge in [-0.1, -0.05) is 18.2 Å². The summed E-state index contributed by atoms with van der Waals surface area (Å²) in [4.78, 5) is 22.9. The minimum Gasteiger partial charge on any atom is -0.326 e. The van der Waals surface area contributed by atoms with Crippen LogP contribution in [0.25, 0.3) is 0 Å². The Morgan fingerprint density at radius 3 is 2.44 bits per heavy atom. The number of carbonyl (C=O) groups is 2. The number of amides is 2. The molecule has 0 aliphatic rings. The molecule has 0 saturated heterocycles. The average Bonchev–Trinajstić information content (AvgIpc) is 2.36. The topological polar surface area (TPSA) is 102 Å². The standard InChI is InChI=1S/C12H15N3O3/c1-8(13)10(7-11(16)15-18)12(17)14-9-5-3-2-4-6-9/h2-6,10,13,18H,7H2,1H3,(H,14,17)(H,15,16). The minimum atomic E-state index is -0.891. The first-order valence-electron chi connectivity index (χ1n) is 5.38. The summed E-state index contributed by atoms with van der Waals surface area (Å²) in [5.74, 6) is -2.04. The Bertz CT molecular complexity index is 445. The average molecular weight is 249 g/mol. The van der Waals surface area contributed by atoms with E-state index in [9.17, 15) is 9.59 Å². The highest BCUT2D eigenvalue weighted by molar-refractivity contribution is 6.09. The molecule has 0 radical (unpaired) electrons. The van der Waals surface area contributed by atoms with Crippen LogP contribution in [0.2, 0.25) is 0 Å². The zero-order valence-corrected chi connectivity index (χ0v) is 9.93. The first-order valence-corrected chi connectivity index (χ1v) is 5.38. The molecule has 1 unspecified atom stereocenters. The predicted octanol–water partition coefficient (Wildman–Crippen LogP) is 1.18. The van der Waals surface area contributed by atoms with Gasteiger partial charge in [-0.3, -0.25) is 14.8 Å². The molecule has 6 nitrogen and oxygen atoms in total. The molecule has 1 atom stereocenters. The molecule has 0 fully saturated rings. The fourth-order valence-corrected chi connectivity index (χ4v) is 1.42. The van der Waals surface area contributed by atoms with Gasteiger partial charge in [0, 0.05) is 17.8 Å². The molecule has 0 saturated carbocycles. The highest BCUT2D eigenvalue weighted by Crippen LogP contribution is 2.11. The van der Waals surface area contributed by atoms with Gasteiger partial charge in [-0.2, -0.15) is 0 Å². The van der Waals surface area contributed by atoms with Gasteiger partial charge in [-0.25, -0.2) is 5.48 Å². The van der Waals surface area contributed by atoms with E-state index in [1.807, 2.05) is 6.07 Å². The van der Waals surface area contributed by atoms with Gasteiger partial charge in [0.1, 0.15) is 0 Å². The number of nitrogens with one attached hydrogen (secondary N) is 3. The van der Waals surface area contributed by atoms with Crippen molar-refractivity contribution in [3.8, 4) is 0 Å². The Morgan fingerprint density at radius 1 is 1.33 bits per heavy atom. The second-order valence-electron chi connectivity index (χ2n) is 3.83. The molecule has 1 rings (SSSR count). The van der Waals surface area contributed by atoms with E-state index in [2.05, 4.69) is 5.32 Å². The third-order valence-corrected chi connectivity index (χ3v) is 2.39. The molecule has 18 heavy (non-hydrogen) atoms. The maximum atomic E-state index is 11.9. The molecule has 0 aliphatic carbocycles. The van der Waals surface area contributed by atoms with E-state index in [0.717, 1.165) is 0 Å². The third-order valence-electron chi connectivity index (χ3n) is 2.39. The largest absolute Gasteiger partial charge is 0.326 e. The van der Waals surface area contributed by atoms with Crippen LogP contribution in [0.4, 0.5) is 5.69 Å². The second kappa shape index (κ2) is 6.51. The Kier molecular flexibility index (Phi) is 5.01. The number of para-hydroxylation sites is 1. The molecule has 0 heterocycles. The normalized spacial score (nSPS) is 11.4. The van der Waals surface area contributed by atoms with Crippen molar-refractivity contribution in [1.82, 2.24) is 5.48 Å². The number of benzene rings is 1. The lowest BCUT2D eigenvalue weighted by atomic mass is 9.99. The Hall–Kier alpha value is -2.21. The zero-order chi connectivity index (χ0) is 13.5. The lowest BCUT2D eigenvalue weighted by Gasteiger charge is -2.14. The van der Waals surface area contributed by atoms with Gasteiger partial charge < -0.3 is 10.7 Å². The van der Waals surface area contributed by atoms with Gasteiger partial charge in [-0.15, -0.1) is 0 Å². The number of carbonyl (C=O) groups excluding carboxylic acids is 2. The summed E-state index contributed by atoms with van der Waals surface area (Å²) in [7, 11) is 0. The van der Waals surface area contributed by atoms with Crippen LogP contribution < -0.4 is 10.8 Å². The summed E-state index contributed by atoms with van der Waals surface area (Å²) < 4.78 is 0. The lowest BCUT2D eigenvalue weighted by molar-refractivity contribution is -0.132. The Morgan fingerprint density at radius 2 is 1.94 bits per heavy atom. The van der Waals surface area contributed by atoms with Crippen LogP contribution in [0.3, 0.4) is 0 Å². The quantitative estimate of drug-likeness (QED) is 0.358. The van der Waals surface area contributed by atoms with Crippen molar-refractivity contribution in [2.24, 2.45) is 5.92 Å². The zero-order valence-electron chi connectivity index (χ0n) is 9.93. The molecule has 4 N–H and O–H groups in total. The van der Waals surface area contributed by atoms with Crippen molar-refractivity contribution >= 4 is 23.2 Å². The van der Waals surface area contributed by atoms with Gasteiger partial charge in [0.2, 0.25) is 11.8 Å². The molecule has 2 amide bonds. The third kappa shape index (κ3) is 3.99.